The molecule has 0 spiro atoms. The van der Waals surface area contributed by atoms with E-state index in [1.165, 1.54) is 0 Å². The van der Waals surface area contributed by atoms with Crippen LogP contribution in [0.5, 0.6) is 0 Å². The summed E-state index contributed by atoms with van der Waals surface area (Å²) in [7, 11) is 0. The van der Waals surface area contributed by atoms with Gasteiger partial charge in [-0.15, -0.1) is 0 Å². The second-order valence-electron chi connectivity index (χ2n) is 6.14. The smallest absolute Gasteiger partial charge is 0.313 e. The van der Waals surface area contributed by atoms with E-state index >= 15 is 0 Å². The lowest BCUT2D eigenvalue weighted by Gasteiger charge is -2.30. The normalized spacial score (nSPS) is 11.6. The van der Waals surface area contributed by atoms with Crippen LogP contribution in [0.15, 0.2) is 84.9 Å². The summed E-state index contributed by atoms with van der Waals surface area (Å²) in [6.45, 7) is 2.57. The fraction of sp³-hybridized carbons (Fsp3) is 0.136. The molecule has 0 aliphatic rings. The summed E-state index contributed by atoms with van der Waals surface area (Å²) in [4.78, 5) is 14.8. The zero-order valence-electron chi connectivity index (χ0n) is 14.6. The van der Waals surface area contributed by atoms with Gasteiger partial charge < -0.3 is 10.2 Å². The van der Waals surface area contributed by atoms with Crippen LogP contribution in [0.2, 0.25) is 5.02 Å². The summed E-state index contributed by atoms with van der Waals surface area (Å²) in [6, 6.07) is 26.9. The molecule has 3 aromatic carbocycles. The van der Waals surface area contributed by atoms with Crippen LogP contribution in [-0.4, -0.2) is 10.9 Å². The van der Waals surface area contributed by atoms with Crippen LogP contribution in [-0.2, 0) is 6.54 Å². The number of urea groups is 1. The third-order valence-corrected chi connectivity index (χ3v) is 4.55. The zero-order chi connectivity index (χ0) is 18.4. The molecule has 132 valence electrons. The Labute approximate surface area is 159 Å². The Morgan fingerprint density at radius 1 is 0.923 bits per heavy atom. The molecule has 3 nitrogen and oxygen atoms in total. The molecule has 0 saturated carbocycles. The Bertz CT molecular complexity index is 835. The maximum Gasteiger partial charge on any atom is 0.322 e. The van der Waals surface area contributed by atoms with Gasteiger partial charge in [-0.05, 0) is 42.3 Å². The SMILES string of the molecule is CC(c1ccccc1)N(Cc1ccccc1)C(=O)Nc1ccc(Cl)cc1. The third kappa shape index (κ3) is 4.64. The maximum absolute atomic E-state index is 13.0. The number of nitrogens with zero attached hydrogens (tertiary/aromatic N) is 1. The highest BCUT2D eigenvalue weighted by atomic mass is 35.5. The monoisotopic (exact) mass is 364 g/mol. The minimum absolute atomic E-state index is 0.0660. The lowest BCUT2D eigenvalue weighted by atomic mass is 10.1. The van der Waals surface area contributed by atoms with Crippen molar-refractivity contribution in [2.24, 2.45) is 0 Å². The van der Waals surface area contributed by atoms with E-state index in [1.54, 1.807) is 24.3 Å². The summed E-state index contributed by atoms with van der Waals surface area (Å²) in [5, 5.41) is 3.61. The van der Waals surface area contributed by atoms with Crippen molar-refractivity contribution in [1.29, 1.82) is 0 Å². The van der Waals surface area contributed by atoms with Crippen LogP contribution in [0.1, 0.15) is 24.1 Å². The lowest BCUT2D eigenvalue weighted by molar-refractivity contribution is 0.189. The molecule has 0 bridgehead atoms. The second kappa shape index (κ2) is 8.54. The van der Waals surface area contributed by atoms with Gasteiger partial charge in [-0.3, -0.25) is 0 Å². The standard InChI is InChI=1S/C22H21ClN2O/c1-17(19-10-6-3-7-11-19)25(16-18-8-4-2-5-9-18)22(26)24-21-14-12-20(23)13-15-21/h2-15,17H,16H2,1H3,(H,24,26). The summed E-state index contributed by atoms with van der Waals surface area (Å²) in [5.74, 6) is 0. The fourth-order valence-electron chi connectivity index (χ4n) is 2.80. The Morgan fingerprint density at radius 3 is 2.12 bits per heavy atom. The van der Waals surface area contributed by atoms with Gasteiger partial charge in [-0.2, -0.15) is 0 Å². The van der Waals surface area contributed by atoms with E-state index in [1.807, 2.05) is 72.5 Å². The van der Waals surface area contributed by atoms with Gasteiger partial charge >= 0.3 is 6.03 Å². The predicted octanol–water partition coefficient (Wildman–Crippen LogP) is 6.14. The van der Waals surface area contributed by atoms with E-state index in [9.17, 15) is 4.79 Å². The number of benzene rings is 3. The number of halogens is 1. The molecular weight excluding hydrogens is 344 g/mol. The summed E-state index contributed by atoms with van der Waals surface area (Å²) >= 11 is 5.93. The molecule has 0 radical (unpaired) electrons. The fourth-order valence-corrected chi connectivity index (χ4v) is 2.93. The van der Waals surface area contributed by atoms with Gasteiger partial charge in [0.05, 0.1) is 6.04 Å². The Kier molecular flexibility index (Phi) is 5.92. The molecule has 26 heavy (non-hydrogen) atoms. The number of hydrogen-bond donors (Lipinski definition) is 1. The molecule has 0 aromatic heterocycles. The highest BCUT2D eigenvalue weighted by molar-refractivity contribution is 6.30. The zero-order valence-corrected chi connectivity index (χ0v) is 15.4. The first kappa shape index (κ1) is 18.0. The van der Waals surface area contributed by atoms with Gasteiger partial charge in [0.15, 0.2) is 0 Å². The van der Waals surface area contributed by atoms with Gasteiger partial charge in [0.25, 0.3) is 0 Å². The topological polar surface area (TPSA) is 32.3 Å². The summed E-state index contributed by atoms with van der Waals surface area (Å²) in [5.41, 5.74) is 2.90. The molecule has 3 aromatic rings. The molecule has 3 rings (SSSR count). The van der Waals surface area contributed by atoms with Crippen molar-refractivity contribution >= 4 is 23.3 Å². The van der Waals surface area contributed by atoms with Crippen LogP contribution in [0.25, 0.3) is 0 Å². The number of amides is 2. The van der Waals surface area contributed by atoms with E-state index in [0.29, 0.717) is 11.6 Å². The van der Waals surface area contributed by atoms with Gasteiger partial charge in [-0.25, -0.2) is 4.79 Å². The average molecular weight is 365 g/mol. The summed E-state index contributed by atoms with van der Waals surface area (Å²) in [6.07, 6.45) is 0. The molecule has 0 saturated heterocycles. The first-order valence-corrected chi connectivity index (χ1v) is 8.93. The Balaban J connectivity index is 1.83. The van der Waals surface area contributed by atoms with E-state index < -0.39 is 0 Å². The number of rotatable bonds is 5. The van der Waals surface area contributed by atoms with Gasteiger partial charge in [0.1, 0.15) is 0 Å². The van der Waals surface area contributed by atoms with Gasteiger partial charge in [-0.1, -0.05) is 72.3 Å². The van der Waals surface area contributed by atoms with Crippen molar-refractivity contribution < 1.29 is 4.79 Å². The largest absolute Gasteiger partial charge is 0.322 e. The van der Waals surface area contributed by atoms with Crippen LogP contribution in [0, 0.1) is 0 Å². The van der Waals surface area contributed by atoms with E-state index in [2.05, 4.69) is 5.32 Å². The van der Waals surface area contributed by atoms with Crippen molar-refractivity contribution in [3.63, 3.8) is 0 Å². The minimum atomic E-state index is -0.146. The maximum atomic E-state index is 13.0. The van der Waals surface area contributed by atoms with E-state index in [-0.39, 0.29) is 12.1 Å². The highest BCUT2D eigenvalue weighted by Gasteiger charge is 2.22. The molecule has 2 amide bonds. The van der Waals surface area contributed by atoms with Crippen LogP contribution in [0.3, 0.4) is 0 Å². The molecule has 0 aliphatic carbocycles. The molecule has 4 heteroatoms. The first-order valence-electron chi connectivity index (χ1n) is 8.55. The van der Waals surface area contributed by atoms with Crippen molar-refractivity contribution in [3.05, 3.63) is 101 Å². The van der Waals surface area contributed by atoms with E-state index in [0.717, 1.165) is 16.8 Å². The first-order chi connectivity index (χ1) is 12.6. The predicted molar refractivity (Wildman–Crippen MR) is 107 cm³/mol. The molecule has 0 heterocycles. The third-order valence-electron chi connectivity index (χ3n) is 4.30. The number of carbonyl (C=O) groups is 1. The van der Waals surface area contributed by atoms with Crippen LogP contribution < -0.4 is 5.32 Å². The number of anilines is 1. The number of hydrogen-bond acceptors (Lipinski definition) is 1. The van der Waals surface area contributed by atoms with E-state index in [4.69, 9.17) is 11.6 Å². The average Bonchev–Trinajstić information content (AvgIpc) is 2.69. The summed E-state index contributed by atoms with van der Waals surface area (Å²) < 4.78 is 0. The number of carbonyl (C=O) groups excluding carboxylic acids is 1. The number of nitrogens with one attached hydrogen (secondary N) is 1. The Morgan fingerprint density at radius 2 is 1.50 bits per heavy atom. The van der Waals surface area contributed by atoms with Crippen molar-refractivity contribution in [3.8, 4) is 0 Å². The van der Waals surface area contributed by atoms with Crippen LogP contribution >= 0.6 is 11.6 Å². The Hall–Kier alpha value is -2.78. The molecular formula is C22H21ClN2O. The highest BCUT2D eigenvalue weighted by Crippen LogP contribution is 2.24. The molecule has 1 atom stereocenters. The lowest BCUT2D eigenvalue weighted by Crippen LogP contribution is -2.36. The second-order valence-corrected chi connectivity index (χ2v) is 6.57. The quantitative estimate of drug-likeness (QED) is 0.579. The molecule has 0 fully saturated rings. The van der Waals surface area contributed by atoms with Crippen molar-refractivity contribution in [2.75, 3.05) is 5.32 Å². The molecule has 0 aliphatic heterocycles. The van der Waals surface area contributed by atoms with Crippen molar-refractivity contribution in [1.82, 2.24) is 4.90 Å². The minimum Gasteiger partial charge on any atom is -0.313 e. The van der Waals surface area contributed by atoms with Gasteiger partial charge in [0, 0.05) is 17.3 Å². The molecule has 1 N–H and O–H groups in total. The molecule has 1 unspecified atom stereocenters. The van der Waals surface area contributed by atoms with Crippen molar-refractivity contribution in [2.45, 2.75) is 19.5 Å². The van der Waals surface area contributed by atoms with Crippen LogP contribution in [0.4, 0.5) is 10.5 Å². The van der Waals surface area contributed by atoms with Gasteiger partial charge in [0.2, 0.25) is 0 Å².